The standard InChI is InChI=1S/C21H24N6O2/c28-21(17-2-1-7-22-14-17)26-8-5-16(6-9-26)20-23-19-4-3-18(15-27(19)24-20)25-10-12-29-13-11-25/h1-4,7,14-16H,5-6,8-13H2. The summed E-state index contributed by atoms with van der Waals surface area (Å²) in [5.41, 5.74) is 2.66. The molecule has 2 saturated heterocycles. The number of nitrogens with zero attached hydrogens (tertiary/aromatic N) is 6. The predicted molar refractivity (Wildman–Crippen MR) is 108 cm³/mol. The van der Waals surface area contributed by atoms with Crippen molar-refractivity contribution in [1.82, 2.24) is 24.5 Å². The zero-order valence-corrected chi connectivity index (χ0v) is 16.3. The van der Waals surface area contributed by atoms with Crippen LogP contribution in [0.1, 0.15) is 34.9 Å². The van der Waals surface area contributed by atoms with Gasteiger partial charge in [-0.2, -0.15) is 5.10 Å². The monoisotopic (exact) mass is 392 g/mol. The van der Waals surface area contributed by atoms with Crippen LogP contribution in [-0.2, 0) is 4.74 Å². The highest BCUT2D eigenvalue weighted by Crippen LogP contribution is 2.27. The van der Waals surface area contributed by atoms with Crippen molar-refractivity contribution in [3.8, 4) is 0 Å². The van der Waals surface area contributed by atoms with E-state index in [9.17, 15) is 4.79 Å². The van der Waals surface area contributed by atoms with Crippen LogP contribution < -0.4 is 4.90 Å². The van der Waals surface area contributed by atoms with Crippen molar-refractivity contribution in [2.75, 3.05) is 44.3 Å². The third-order valence-electron chi connectivity index (χ3n) is 5.76. The molecule has 8 nitrogen and oxygen atoms in total. The molecule has 8 heteroatoms. The van der Waals surface area contributed by atoms with Crippen molar-refractivity contribution in [3.63, 3.8) is 0 Å². The molecule has 2 aliphatic heterocycles. The first kappa shape index (κ1) is 18.1. The van der Waals surface area contributed by atoms with E-state index in [2.05, 4.69) is 22.1 Å². The number of likely N-dealkylation sites (tertiary alicyclic amines) is 1. The van der Waals surface area contributed by atoms with Crippen LogP contribution in [0.25, 0.3) is 5.65 Å². The first-order valence-corrected chi connectivity index (χ1v) is 10.2. The Hall–Kier alpha value is -3.00. The summed E-state index contributed by atoms with van der Waals surface area (Å²) in [6.45, 7) is 4.75. The lowest BCUT2D eigenvalue weighted by Gasteiger charge is -2.30. The number of piperidine rings is 1. The van der Waals surface area contributed by atoms with Crippen molar-refractivity contribution >= 4 is 17.2 Å². The van der Waals surface area contributed by atoms with Gasteiger partial charge in [-0.1, -0.05) is 0 Å². The number of hydrogen-bond acceptors (Lipinski definition) is 6. The van der Waals surface area contributed by atoms with Gasteiger partial charge in [0, 0.05) is 44.5 Å². The van der Waals surface area contributed by atoms with Gasteiger partial charge in [-0.15, -0.1) is 0 Å². The molecule has 0 unspecified atom stereocenters. The minimum absolute atomic E-state index is 0.0506. The molecule has 0 aliphatic carbocycles. The Bertz CT molecular complexity index is 991. The van der Waals surface area contributed by atoms with Crippen molar-refractivity contribution in [2.45, 2.75) is 18.8 Å². The number of morpholine rings is 1. The van der Waals surface area contributed by atoms with Crippen molar-refractivity contribution in [1.29, 1.82) is 0 Å². The molecule has 5 heterocycles. The smallest absolute Gasteiger partial charge is 0.255 e. The van der Waals surface area contributed by atoms with E-state index in [4.69, 9.17) is 14.8 Å². The first-order valence-electron chi connectivity index (χ1n) is 10.2. The van der Waals surface area contributed by atoms with Gasteiger partial charge in [0.15, 0.2) is 11.5 Å². The Kier molecular flexibility index (Phi) is 4.85. The topological polar surface area (TPSA) is 75.9 Å². The fourth-order valence-electron chi connectivity index (χ4n) is 4.08. The highest BCUT2D eigenvalue weighted by atomic mass is 16.5. The molecule has 0 radical (unpaired) electrons. The summed E-state index contributed by atoms with van der Waals surface area (Å²) < 4.78 is 7.32. The minimum atomic E-state index is 0.0506. The fourth-order valence-corrected chi connectivity index (χ4v) is 4.08. The number of carbonyl (C=O) groups excluding carboxylic acids is 1. The summed E-state index contributed by atoms with van der Waals surface area (Å²) in [5, 5.41) is 4.75. The molecule has 2 aliphatic rings. The number of rotatable bonds is 3. The normalized spacial score (nSPS) is 18.3. The molecule has 0 N–H and O–H groups in total. The summed E-state index contributed by atoms with van der Waals surface area (Å²) in [4.78, 5) is 25.6. The zero-order valence-electron chi connectivity index (χ0n) is 16.3. The number of hydrogen-bond donors (Lipinski definition) is 0. The molecule has 0 bridgehead atoms. The van der Waals surface area contributed by atoms with Gasteiger partial charge in [0.2, 0.25) is 0 Å². The molecule has 2 fully saturated rings. The van der Waals surface area contributed by atoms with E-state index < -0.39 is 0 Å². The first-order chi connectivity index (χ1) is 14.3. The maximum Gasteiger partial charge on any atom is 0.255 e. The van der Waals surface area contributed by atoms with Crippen molar-refractivity contribution < 1.29 is 9.53 Å². The van der Waals surface area contributed by atoms with E-state index in [1.165, 1.54) is 0 Å². The molecular formula is C21H24N6O2. The van der Waals surface area contributed by atoms with Gasteiger partial charge in [0.1, 0.15) is 0 Å². The van der Waals surface area contributed by atoms with Gasteiger partial charge < -0.3 is 14.5 Å². The summed E-state index contributed by atoms with van der Waals surface area (Å²) in [5.74, 6) is 1.20. The number of anilines is 1. The highest BCUT2D eigenvalue weighted by Gasteiger charge is 2.27. The predicted octanol–water partition coefficient (Wildman–Crippen LogP) is 1.98. The SMILES string of the molecule is O=C(c1cccnc1)N1CCC(c2nc3ccc(N4CCOCC4)cn3n2)CC1. The molecule has 29 heavy (non-hydrogen) atoms. The lowest BCUT2D eigenvalue weighted by Crippen LogP contribution is -2.38. The zero-order chi connectivity index (χ0) is 19.6. The Morgan fingerprint density at radius 2 is 1.90 bits per heavy atom. The van der Waals surface area contributed by atoms with Gasteiger partial charge in [0.05, 0.1) is 30.7 Å². The Morgan fingerprint density at radius 3 is 2.66 bits per heavy atom. The van der Waals surface area contributed by atoms with Gasteiger partial charge in [-0.25, -0.2) is 9.50 Å². The Morgan fingerprint density at radius 1 is 1.07 bits per heavy atom. The number of pyridine rings is 2. The summed E-state index contributed by atoms with van der Waals surface area (Å²) in [7, 11) is 0. The van der Waals surface area contributed by atoms with E-state index in [0.717, 1.165) is 56.3 Å². The highest BCUT2D eigenvalue weighted by molar-refractivity contribution is 5.93. The lowest BCUT2D eigenvalue weighted by atomic mass is 9.96. The number of fused-ring (bicyclic) bond motifs is 1. The van der Waals surface area contributed by atoms with E-state index in [-0.39, 0.29) is 11.8 Å². The molecule has 1 amide bonds. The van der Waals surface area contributed by atoms with E-state index in [1.807, 2.05) is 21.5 Å². The van der Waals surface area contributed by atoms with Crippen LogP contribution in [0, 0.1) is 0 Å². The minimum Gasteiger partial charge on any atom is -0.378 e. The van der Waals surface area contributed by atoms with Gasteiger partial charge in [0.25, 0.3) is 5.91 Å². The van der Waals surface area contributed by atoms with Crippen LogP contribution in [0.4, 0.5) is 5.69 Å². The fraction of sp³-hybridized carbons (Fsp3) is 0.429. The van der Waals surface area contributed by atoms with E-state index in [1.54, 1.807) is 18.5 Å². The van der Waals surface area contributed by atoms with Crippen molar-refractivity contribution in [3.05, 3.63) is 54.2 Å². The van der Waals surface area contributed by atoms with Crippen LogP contribution in [0.2, 0.25) is 0 Å². The molecular weight excluding hydrogens is 368 g/mol. The summed E-state index contributed by atoms with van der Waals surface area (Å²) in [6.07, 6.45) is 7.11. The quantitative estimate of drug-likeness (QED) is 0.679. The largest absolute Gasteiger partial charge is 0.378 e. The molecule has 0 spiro atoms. The number of ether oxygens (including phenoxy) is 1. The van der Waals surface area contributed by atoms with Crippen LogP contribution in [-0.4, -0.2) is 69.8 Å². The molecule has 3 aromatic heterocycles. The van der Waals surface area contributed by atoms with Crippen LogP contribution in [0.5, 0.6) is 0 Å². The van der Waals surface area contributed by atoms with Crippen LogP contribution in [0.15, 0.2) is 42.9 Å². The van der Waals surface area contributed by atoms with E-state index in [0.29, 0.717) is 18.7 Å². The maximum atomic E-state index is 12.6. The second-order valence-electron chi connectivity index (χ2n) is 7.57. The Balaban J connectivity index is 1.27. The number of carbonyl (C=O) groups is 1. The average molecular weight is 392 g/mol. The average Bonchev–Trinajstić information content (AvgIpc) is 3.23. The molecule has 0 atom stereocenters. The molecule has 0 aromatic carbocycles. The van der Waals surface area contributed by atoms with Crippen LogP contribution in [0.3, 0.4) is 0 Å². The third kappa shape index (κ3) is 3.67. The van der Waals surface area contributed by atoms with Crippen LogP contribution >= 0.6 is 0 Å². The second-order valence-corrected chi connectivity index (χ2v) is 7.57. The lowest BCUT2D eigenvalue weighted by molar-refractivity contribution is 0.0710. The van der Waals surface area contributed by atoms with Gasteiger partial charge in [-0.05, 0) is 37.1 Å². The molecule has 3 aromatic rings. The molecule has 5 rings (SSSR count). The Labute approximate surface area is 169 Å². The number of amides is 1. The summed E-state index contributed by atoms with van der Waals surface area (Å²) >= 11 is 0. The number of aromatic nitrogens is 4. The van der Waals surface area contributed by atoms with Crippen molar-refractivity contribution in [2.24, 2.45) is 0 Å². The third-order valence-corrected chi connectivity index (χ3v) is 5.76. The molecule has 150 valence electrons. The van der Waals surface area contributed by atoms with Gasteiger partial charge in [-0.3, -0.25) is 9.78 Å². The molecule has 0 saturated carbocycles. The summed E-state index contributed by atoms with van der Waals surface area (Å²) in [6, 6.07) is 7.75. The van der Waals surface area contributed by atoms with E-state index >= 15 is 0 Å². The maximum absolute atomic E-state index is 12.6. The second kappa shape index (κ2) is 7.79. The van der Waals surface area contributed by atoms with Gasteiger partial charge >= 0.3 is 0 Å².